The molecule has 3 aliphatic rings. The number of nitrogens with zero attached hydrogens (tertiary/aromatic N) is 2. The minimum atomic E-state index is 0.177. The zero-order chi connectivity index (χ0) is 22.8. The molecule has 1 saturated heterocycles. The number of carbonyl (C=O) groups excluding carboxylic acids is 1. The number of rotatable bonds is 5. The molecule has 0 N–H and O–H groups in total. The summed E-state index contributed by atoms with van der Waals surface area (Å²) in [5.74, 6) is 3.26. The van der Waals surface area contributed by atoms with Gasteiger partial charge in [0.25, 0.3) is 0 Å². The van der Waals surface area contributed by atoms with Gasteiger partial charge in [-0.2, -0.15) is 0 Å². The summed E-state index contributed by atoms with van der Waals surface area (Å²) in [6.07, 6.45) is 3.86. The lowest BCUT2D eigenvalue weighted by molar-refractivity contribution is -0.133. The average Bonchev–Trinajstić information content (AvgIpc) is 3.17. The van der Waals surface area contributed by atoms with Crippen molar-refractivity contribution < 1.29 is 23.7 Å². The minimum absolute atomic E-state index is 0.177. The van der Waals surface area contributed by atoms with Crippen molar-refractivity contribution in [3.8, 4) is 23.0 Å². The molecule has 3 aliphatic heterocycles. The molecule has 7 nitrogen and oxygen atoms in total. The summed E-state index contributed by atoms with van der Waals surface area (Å²) in [6.45, 7) is 4.06. The Morgan fingerprint density at radius 1 is 0.970 bits per heavy atom. The first kappa shape index (κ1) is 21.9. The Bertz CT molecular complexity index is 1020. The summed E-state index contributed by atoms with van der Waals surface area (Å²) < 4.78 is 22.6. The van der Waals surface area contributed by atoms with Gasteiger partial charge in [0.1, 0.15) is 0 Å². The maximum atomic E-state index is 13.3. The highest BCUT2D eigenvalue weighted by Gasteiger charge is 2.31. The van der Waals surface area contributed by atoms with Gasteiger partial charge in [-0.3, -0.25) is 9.69 Å². The summed E-state index contributed by atoms with van der Waals surface area (Å²) in [5, 5.41) is 0. The summed E-state index contributed by atoms with van der Waals surface area (Å²) >= 11 is 0. The van der Waals surface area contributed by atoms with Crippen molar-refractivity contribution in [3.63, 3.8) is 0 Å². The predicted molar refractivity (Wildman–Crippen MR) is 124 cm³/mol. The smallest absolute Gasteiger partial charge is 0.237 e. The standard InChI is InChI=1S/C26H32N2O5/c1-30-23-13-18-8-10-28(16-20(18)15-24(23)31-2)26(29)17-27-9-3-5-21(27)19-6-7-22-25(14-19)33-12-4-11-32-22/h6-7,13-15,21H,3-5,8-12,16-17H2,1-2H3. The average molecular weight is 453 g/mol. The lowest BCUT2D eigenvalue weighted by Crippen LogP contribution is -2.42. The fraction of sp³-hybridized carbons (Fsp3) is 0.500. The fourth-order valence-electron chi connectivity index (χ4n) is 5.15. The summed E-state index contributed by atoms with van der Waals surface area (Å²) in [6, 6.07) is 10.5. The van der Waals surface area contributed by atoms with Gasteiger partial charge in [-0.15, -0.1) is 0 Å². The number of amides is 1. The van der Waals surface area contributed by atoms with Crippen LogP contribution in [0.2, 0.25) is 0 Å². The molecule has 0 spiro atoms. The number of ether oxygens (including phenoxy) is 4. The second kappa shape index (κ2) is 9.51. The maximum absolute atomic E-state index is 13.3. The van der Waals surface area contributed by atoms with E-state index < -0.39 is 0 Å². The summed E-state index contributed by atoms with van der Waals surface area (Å²) in [4.78, 5) is 17.6. The molecule has 0 radical (unpaired) electrons. The maximum Gasteiger partial charge on any atom is 0.237 e. The van der Waals surface area contributed by atoms with Crippen molar-refractivity contribution in [3.05, 3.63) is 47.0 Å². The van der Waals surface area contributed by atoms with E-state index in [9.17, 15) is 4.79 Å². The van der Waals surface area contributed by atoms with E-state index in [1.807, 2.05) is 23.1 Å². The molecule has 0 aliphatic carbocycles. The van der Waals surface area contributed by atoms with E-state index in [0.29, 0.717) is 32.1 Å². The van der Waals surface area contributed by atoms with Crippen molar-refractivity contribution in [2.45, 2.75) is 38.3 Å². The van der Waals surface area contributed by atoms with Crippen molar-refractivity contribution in [2.24, 2.45) is 0 Å². The van der Waals surface area contributed by atoms with Crippen LogP contribution in [-0.4, -0.2) is 62.8 Å². The number of hydrogen-bond acceptors (Lipinski definition) is 6. The van der Waals surface area contributed by atoms with Crippen LogP contribution >= 0.6 is 0 Å². The predicted octanol–water partition coefficient (Wildman–Crippen LogP) is 3.59. The van der Waals surface area contributed by atoms with Gasteiger partial charge in [-0.25, -0.2) is 0 Å². The topological polar surface area (TPSA) is 60.5 Å². The molecule has 7 heteroatoms. The van der Waals surface area contributed by atoms with Crippen LogP contribution in [0.15, 0.2) is 30.3 Å². The van der Waals surface area contributed by atoms with E-state index in [-0.39, 0.29) is 11.9 Å². The first-order chi connectivity index (χ1) is 16.2. The zero-order valence-electron chi connectivity index (χ0n) is 19.5. The number of carbonyl (C=O) groups is 1. The molecule has 1 fully saturated rings. The molecule has 176 valence electrons. The van der Waals surface area contributed by atoms with Crippen LogP contribution in [0.4, 0.5) is 0 Å². The van der Waals surface area contributed by atoms with Gasteiger partial charge in [0.15, 0.2) is 23.0 Å². The van der Waals surface area contributed by atoms with Gasteiger partial charge in [0.05, 0.1) is 34.0 Å². The molecule has 0 aromatic heterocycles. The van der Waals surface area contributed by atoms with E-state index in [1.165, 1.54) is 11.1 Å². The Morgan fingerprint density at radius 2 is 1.73 bits per heavy atom. The lowest BCUT2D eigenvalue weighted by Gasteiger charge is -2.32. The van der Waals surface area contributed by atoms with Crippen LogP contribution in [0.5, 0.6) is 23.0 Å². The van der Waals surface area contributed by atoms with Crippen LogP contribution in [0.3, 0.4) is 0 Å². The Labute approximate surface area is 195 Å². The van der Waals surface area contributed by atoms with Crippen LogP contribution in [-0.2, 0) is 17.8 Å². The lowest BCUT2D eigenvalue weighted by atomic mass is 9.98. The molecule has 1 amide bonds. The van der Waals surface area contributed by atoms with Crippen LogP contribution in [0, 0.1) is 0 Å². The zero-order valence-corrected chi connectivity index (χ0v) is 19.5. The molecule has 0 bridgehead atoms. The van der Waals surface area contributed by atoms with Crippen molar-refractivity contribution in [1.29, 1.82) is 0 Å². The van der Waals surface area contributed by atoms with Gasteiger partial charge >= 0.3 is 0 Å². The number of hydrogen-bond donors (Lipinski definition) is 0. The molecular weight excluding hydrogens is 420 g/mol. The third-order valence-electron chi connectivity index (χ3n) is 6.93. The molecule has 0 saturated carbocycles. The Morgan fingerprint density at radius 3 is 2.52 bits per heavy atom. The highest BCUT2D eigenvalue weighted by Crippen LogP contribution is 2.38. The summed E-state index contributed by atoms with van der Waals surface area (Å²) in [7, 11) is 3.29. The molecule has 5 rings (SSSR count). The third-order valence-corrected chi connectivity index (χ3v) is 6.93. The minimum Gasteiger partial charge on any atom is -0.493 e. The molecule has 3 heterocycles. The monoisotopic (exact) mass is 452 g/mol. The third kappa shape index (κ3) is 4.47. The van der Waals surface area contributed by atoms with Gasteiger partial charge in [-0.05, 0) is 66.8 Å². The van der Waals surface area contributed by atoms with Crippen LogP contribution < -0.4 is 18.9 Å². The first-order valence-corrected chi connectivity index (χ1v) is 11.8. The number of fused-ring (bicyclic) bond motifs is 2. The van der Waals surface area contributed by atoms with Gasteiger partial charge in [0.2, 0.25) is 5.91 Å². The van der Waals surface area contributed by atoms with Gasteiger partial charge in [-0.1, -0.05) is 6.07 Å². The SMILES string of the molecule is COc1cc2c(cc1OC)CN(C(=O)CN1CCCC1c1ccc3c(c1)OCCCO3)CC2. The number of likely N-dealkylation sites (tertiary alicyclic amines) is 1. The van der Waals surface area contributed by atoms with Crippen LogP contribution in [0.25, 0.3) is 0 Å². The molecule has 1 unspecified atom stereocenters. The Balaban J connectivity index is 1.27. The molecule has 2 aromatic carbocycles. The number of benzene rings is 2. The molecular formula is C26H32N2O5. The second-order valence-electron chi connectivity index (χ2n) is 8.93. The van der Waals surface area contributed by atoms with Crippen LogP contribution in [0.1, 0.15) is 42.0 Å². The Kier molecular flexibility index (Phi) is 6.31. The van der Waals surface area contributed by atoms with E-state index in [2.05, 4.69) is 17.0 Å². The van der Waals surface area contributed by atoms with Gasteiger partial charge in [0, 0.05) is 25.6 Å². The van der Waals surface area contributed by atoms with E-state index in [1.54, 1.807) is 14.2 Å². The first-order valence-electron chi connectivity index (χ1n) is 11.8. The van der Waals surface area contributed by atoms with E-state index >= 15 is 0 Å². The van der Waals surface area contributed by atoms with E-state index in [0.717, 1.165) is 61.6 Å². The number of methoxy groups -OCH3 is 2. The molecule has 1 atom stereocenters. The quantitative estimate of drug-likeness (QED) is 0.691. The van der Waals surface area contributed by atoms with Gasteiger partial charge < -0.3 is 23.8 Å². The largest absolute Gasteiger partial charge is 0.493 e. The fourth-order valence-corrected chi connectivity index (χ4v) is 5.15. The molecule has 2 aromatic rings. The van der Waals surface area contributed by atoms with Crippen molar-refractivity contribution >= 4 is 5.91 Å². The normalized spacial score (nSPS) is 20.2. The van der Waals surface area contributed by atoms with E-state index in [4.69, 9.17) is 18.9 Å². The van der Waals surface area contributed by atoms with Crippen molar-refractivity contribution in [2.75, 3.05) is 47.1 Å². The molecule has 33 heavy (non-hydrogen) atoms. The van der Waals surface area contributed by atoms with Crippen molar-refractivity contribution in [1.82, 2.24) is 9.80 Å². The highest BCUT2D eigenvalue weighted by atomic mass is 16.5. The highest BCUT2D eigenvalue weighted by molar-refractivity contribution is 5.79. The Hall–Kier alpha value is -2.93. The second-order valence-corrected chi connectivity index (χ2v) is 8.93. The summed E-state index contributed by atoms with van der Waals surface area (Å²) in [5.41, 5.74) is 3.56.